The van der Waals surface area contributed by atoms with Gasteiger partial charge in [0, 0.05) is 23.0 Å². The Balaban J connectivity index is 1.51. The van der Waals surface area contributed by atoms with E-state index >= 15 is 0 Å². The molecule has 0 aliphatic heterocycles. The van der Waals surface area contributed by atoms with Crippen LogP contribution in [0.15, 0.2) is 96.7 Å². The van der Waals surface area contributed by atoms with Crippen molar-refractivity contribution in [1.29, 1.82) is 5.26 Å². The summed E-state index contributed by atoms with van der Waals surface area (Å²) in [7, 11) is 0. The summed E-state index contributed by atoms with van der Waals surface area (Å²) in [6, 6.07) is 28.5. The number of benzene rings is 3. The van der Waals surface area contributed by atoms with Crippen molar-refractivity contribution >= 4 is 39.9 Å². The number of hydrogen-bond donors (Lipinski definition) is 2. The maximum atomic E-state index is 12.7. The maximum absolute atomic E-state index is 12.7. The van der Waals surface area contributed by atoms with Crippen molar-refractivity contribution < 1.29 is 4.79 Å². The number of carbonyl (C=O) groups excluding carboxylic acids is 1. The molecule has 0 bridgehead atoms. The molecule has 5 nitrogen and oxygen atoms in total. The first kappa shape index (κ1) is 18.9. The Hall–Kier alpha value is -4.43. The Morgan fingerprint density at radius 3 is 2.40 bits per heavy atom. The highest BCUT2D eigenvalue weighted by molar-refractivity contribution is 6.12. The molecule has 0 radical (unpaired) electrons. The molecule has 1 heterocycles. The third-order valence-electron chi connectivity index (χ3n) is 4.54. The lowest BCUT2D eigenvalue weighted by molar-refractivity contribution is -0.112. The third kappa shape index (κ3) is 4.34. The first-order chi connectivity index (χ1) is 14.7. The van der Waals surface area contributed by atoms with Crippen LogP contribution in [0.1, 0.15) is 5.56 Å². The van der Waals surface area contributed by atoms with Gasteiger partial charge in [0.15, 0.2) is 0 Å². The van der Waals surface area contributed by atoms with Crippen molar-refractivity contribution in [1.82, 2.24) is 4.98 Å². The van der Waals surface area contributed by atoms with E-state index in [1.54, 1.807) is 18.3 Å². The highest BCUT2D eigenvalue weighted by Crippen LogP contribution is 2.22. The van der Waals surface area contributed by atoms with E-state index in [-0.39, 0.29) is 5.57 Å². The zero-order chi connectivity index (χ0) is 20.8. The number of nitrogens with one attached hydrogen (secondary N) is 2. The van der Waals surface area contributed by atoms with Crippen molar-refractivity contribution in [3.63, 3.8) is 0 Å². The lowest BCUT2D eigenvalue weighted by atomic mass is 10.1. The largest absolute Gasteiger partial charge is 0.356 e. The first-order valence-electron chi connectivity index (χ1n) is 9.42. The van der Waals surface area contributed by atoms with Crippen LogP contribution in [0.4, 0.5) is 17.1 Å². The van der Waals surface area contributed by atoms with E-state index in [1.165, 1.54) is 0 Å². The summed E-state index contributed by atoms with van der Waals surface area (Å²) in [4.78, 5) is 16.9. The van der Waals surface area contributed by atoms with Crippen molar-refractivity contribution in [2.24, 2.45) is 0 Å². The number of aromatic nitrogens is 1. The smallest absolute Gasteiger partial charge is 0.266 e. The molecule has 4 aromatic rings. The minimum absolute atomic E-state index is 0.0275. The van der Waals surface area contributed by atoms with E-state index in [4.69, 9.17) is 0 Å². The van der Waals surface area contributed by atoms with Crippen molar-refractivity contribution in [2.75, 3.05) is 10.6 Å². The van der Waals surface area contributed by atoms with Gasteiger partial charge >= 0.3 is 0 Å². The van der Waals surface area contributed by atoms with Gasteiger partial charge in [-0.05, 0) is 60.2 Å². The number of pyridine rings is 1. The molecule has 0 spiro atoms. The second-order valence-corrected chi connectivity index (χ2v) is 6.61. The quantitative estimate of drug-likeness (QED) is 0.347. The van der Waals surface area contributed by atoms with Crippen LogP contribution in [0.5, 0.6) is 0 Å². The second kappa shape index (κ2) is 8.72. The van der Waals surface area contributed by atoms with Gasteiger partial charge in [-0.1, -0.05) is 36.4 Å². The molecule has 2 N–H and O–H groups in total. The highest BCUT2D eigenvalue weighted by atomic mass is 16.1. The van der Waals surface area contributed by atoms with Gasteiger partial charge in [0.25, 0.3) is 5.91 Å². The standard InChI is InChI=1S/C25H18N4O/c26-17-19(25(30)29-24-10-4-9-23-22(24)8-5-15-27-23)16-18-11-13-21(14-12-18)28-20-6-2-1-3-7-20/h1-16,28H,(H,29,30)/b19-16+. The van der Waals surface area contributed by atoms with Gasteiger partial charge in [0.1, 0.15) is 11.6 Å². The van der Waals surface area contributed by atoms with Crippen LogP contribution in [-0.4, -0.2) is 10.9 Å². The fourth-order valence-electron chi connectivity index (χ4n) is 3.07. The Bertz CT molecular complexity index is 1250. The molecule has 0 saturated carbocycles. The molecule has 144 valence electrons. The summed E-state index contributed by atoms with van der Waals surface area (Å²) in [5, 5.41) is 16.4. The van der Waals surface area contributed by atoms with E-state index < -0.39 is 5.91 Å². The molecule has 0 atom stereocenters. The van der Waals surface area contributed by atoms with Gasteiger partial charge in [0.2, 0.25) is 0 Å². The van der Waals surface area contributed by atoms with Crippen LogP contribution >= 0.6 is 0 Å². The molecule has 0 aliphatic rings. The monoisotopic (exact) mass is 390 g/mol. The zero-order valence-corrected chi connectivity index (χ0v) is 16.0. The number of fused-ring (bicyclic) bond motifs is 1. The van der Waals surface area contributed by atoms with E-state index in [1.807, 2.05) is 84.9 Å². The average molecular weight is 390 g/mol. The zero-order valence-electron chi connectivity index (χ0n) is 16.0. The number of rotatable bonds is 5. The lowest BCUT2D eigenvalue weighted by Crippen LogP contribution is -2.13. The number of hydrogen-bond acceptors (Lipinski definition) is 4. The van der Waals surface area contributed by atoms with Crippen LogP contribution < -0.4 is 10.6 Å². The molecule has 0 saturated heterocycles. The molecular weight excluding hydrogens is 372 g/mol. The summed E-state index contributed by atoms with van der Waals surface area (Å²) >= 11 is 0. The van der Waals surface area contributed by atoms with Crippen LogP contribution in [0, 0.1) is 11.3 Å². The Morgan fingerprint density at radius 2 is 1.63 bits per heavy atom. The molecule has 3 aromatic carbocycles. The Labute approximate surface area is 174 Å². The number of para-hydroxylation sites is 1. The van der Waals surface area contributed by atoms with Crippen LogP contribution in [-0.2, 0) is 4.79 Å². The second-order valence-electron chi connectivity index (χ2n) is 6.61. The fraction of sp³-hybridized carbons (Fsp3) is 0. The minimum Gasteiger partial charge on any atom is -0.356 e. The van der Waals surface area contributed by atoms with Gasteiger partial charge in [0.05, 0.1) is 11.2 Å². The number of nitrogens with zero attached hydrogens (tertiary/aromatic N) is 2. The molecule has 1 aromatic heterocycles. The van der Waals surface area contributed by atoms with Gasteiger partial charge in [-0.15, -0.1) is 0 Å². The van der Waals surface area contributed by atoms with E-state index in [9.17, 15) is 10.1 Å². The molecule has 0 unspecified atom stereocenters. The molecular formula is C25H18N4O. The summed E-state index contributed by atoms with van der Waals surface area (Å²) in [6.45, 7) is 0. The molecule has 5 heteroatoms. The Morgan fingerprint density at radius 1 is 0.867 bits per heavy atom. The molecule has 4 rings (SSSR count). The highest BCUT2D eigenvalue weighted by Gasteiger charge is 2.11. The van der Waals surface area contributed by atoms with Gasteiger partial charge < -0.3 is 10.6 Å². The molecule has 1 amide bonds. The molecule has 0 aliphatic carbocycles. The normalized spacial score (nSPS) is 11.0. The van der Waals surface area contributed by atoms with Gasteiger partial charge in [-0.2, -0.15) is 5.26 Å². The van der Waals surface area contributed by atoms with Crippen molar-refractivity contribution in [2.45, 2.75) is 0 Å². The summed E-state index contributed by atoms with van der Waals surface area (Å²) in [5.74, 6) is -0.458. The van der Waals surface area contributed by atoms with Crippen LogP contribution in [0.3, 0.4) is 0 Å². The number of amides is 1. The summed E-state index contributed by atoms with van der Waals surface area (Å²) in [6.07, 6.45) is 3.27. The predicted octanol–water partition coefficient (Wildman–Crippen LogP) is 5.52. The predicted molar refractivity (Wildman–Crippen MR) is 120 cm³/mol. The topological polar surface area (TPSA) is 77.8 Å². The van der Waals surface area contributed by atoms with Crippen molar-refractivity contribution in [3.8, 4) is 6.07 Å². The van der Waals surface area contributed by atoms with Crippen LogP contribution in [0.2, 0.25) is 0 Å². The number of carbonyl (C=O) groups is 1. The van der Waals surface area contributed by atoms with Gasteiger partial charge in [-0.3, -0.25) is 9.78 Å². The fourth-order valence-corrected chi connectivity index (χ4v) is 3.07. The lowest BCUT2D eigenvalue weighted by Gasteiger charge is -2.08. The summed E-state index contributed by atoms with van der Waals surface area (Å²) in [5.41, 5.74) is 4.10. The number of nitriles is 1. The van der Waals surface area contributed by atoms with Crippen molar-refractivity contribution in [3.05, 3.63) is 102 Å². The van der Waals surface area contributed by atoms with E-state index in [0.717, 1.165) is 27.8 Å². The maximum Gasteiger partial charge on any atom is 0.266 e. The number of anilines is 3. The summed E-state index contributed by atoms with van der Waals surface area (Å²) < 4.78 is 0. The van der Waals surface area contributed by atoms with Gasteiger partial charge in [-0.25, -0.2) is 0 Å². The Kier molecular flexibility index (Phi) is 5.50. The minimum atomic E-state index is -0.458. The van der Waals surface area contributed by atoms with Crippen LogP contribution in [0.25, 0.3) is 17.0 Å². The van der Waals surface area contributed by atoms with E-state index in [0.29, 0.717) is 5.69 Å². The molecule has 0 fully saturated rings. The SMILES string of the molecule is N#C/C(=C\c1ccc(Nc2ccccc2)cc1)C(=O)Nc1cccc2ncccc12. The third-order valence-corrected chi connectivity index (χ3v) is 4.54. The van der Waals surface area contributed by atoms with E-state index in [2.05, 4.69) is 15.6 Å². The first-order valence-corrected chi connectivity index (χ1v) is 9.42. The average Bonchev–Trinajstić information content (AvgIpc) is 2.79. The molecule has 30 heavy (non-hydrogen) atoms.